The molecule has 0 aliphatic carbocycles. The van der Waals surface area contributed by atoms with Crippen LogP contribution in [-0.2, 0) is 0 Å². The largest absolute Gasteiger partial charge is 0.353 e. The Hall–Kier alpha value is -1.45. The second-order valence-corrected chi connectivity index (χ2v) is 8.74. The number of hydrogen-bond acceptors (Lipinski definition) is 6. The van der Waals surface area contributed by atoms with Crippen molar-refractivity contribution in [2.75, 3.05) is 23.7 Å². The molecule has 2 aliphatic heterocycles. The molecule has 0 radical (unpaired) electrons. The van der Waals surface area contributed by atoms with Gasteiger partial charge in [-0.05, 0) is 40.6 Å². The molecule has 2 unspecified atom stereocenters. The second-order valence-electron chi connectivity index (χ2n) is 6.76. The topological polar surface area (TPSA) is 58.4 Å². The van der Waals surface area contributed by atoms with Crippen molar-refractivity contribution in [2.24, 2.45) is 0 Å². The average Bonchev–Trinajstić information content (AvgIpc) is 3.26. The van der Waals surface area contributed by atoms with Crippen molar-refractivity contribution in [3.8, 4) is 0 Å². The summed E-state index contributed by atoms with van der Waals surface area (Å²) in [5.74, 6) is 1.27. The van der Waals surface area contributed by atoms with Crippen LogP contribution in [0.25, 0.3) is 16.4 Å². The maximum Gasteiger partial charge on any atom is 0.190 e. The van der Waals surface area contributed by atoms with E-state index in [0.717, 1.165) is 35.6 Å². The summed E-state index contributed by atoms with van der Waals surface area (Å²) in [5.41, 5.74) is 1.18. The quantitative estimate of drug-likeness (QED) is 0.386. The van der Waals surface area contributed by atoms with Gasteiger partial charge in [0.1, 0.15) is 15.9 Å². The molecule has 5 rings (SSSR count). The molecule has 5 heterocycles. The van der Waals surface area contributed by atoms with Gasteiger partial charge in [-0.3, -0.25) is 0 Å². The molecule has 0 amide bonds. The Labute approximate surface area is 162 Å². The second kappa shape index (κ2) is 6.31. The number of pyridine rings is 1. The number of halogens is 2. The van der Waals surface area contributed by atoms with Gasteiger partial charge in [0.2, 0.25) is 0 Å². The molecule has 0 saturated carbocycles. The molecule has 0 spiro atoms. The van der Waals surface area contributed by atoms with Crippen molar-refractivity contribution in [1.29, 1.82) is 0 Å². The SMILES string of the molecule is CCSc1nc(N2CC3CCC(C2)N3)c2c(n1)c(F)c(Br)n1nccc21. The number of thioether (sulfide) groups is 1. The number of rotatable bonds is 3. The fraction of sp³-hybridized carbons (Fsp3) is 0.471. The summed E-state index contributed by atoms with van der Waals surface area (Å²) in [4.78, 5) is 11.7. The van der Waals surface area contributed by atoms with E-state index < -0.39 is 5.82 Å². The van der Waals surface area contributed by atoms with Gasteiger partial charge in [-0.15, -0.1) is 0 Å². The molecule has 2 saturated heterocycles. The lowest BCUT2D eigenvalue weighted by atomic mass is 10.2. The van der Waals surface area contributed by atoms with Crippen LogP contribution in [-0.4, -0.2) is 50.5 Å². The molecular weight excluding hydrogens is 419 g/mol. The van der Waals surface area contributed by atoms with E-state index in [0.29, 0.717) is 27.4 Å². The van der Waals surface area contributed by atoms with Gasteiger partial charge in [0.25, 0.3) is 0 Å². The fourth-order valence-electron chi connectivity index (χ4n) is 4.06. The van der Waals surface area contributed by atoms with Crippen LogP contribution in [0.5, 0.6) is 0 Å². The molecule has 2 atom stereocenters. The molecule has 3 aromatic rings. The van der Waals surface area contributed by atoms with Crippen molar-refractivity contribution in [1.82, 2.24) is 24.9 Å². The highest BCUT2D eigenvalue weighted by molar-refractivity contribution is 9.10. The Morgan fingerprint density at radius 1 is 1.31 bits per heavy atom. The van der Waals surface area contributed by atoms with Crippen LogP contribution >= 0.6 is 27.7 Å². The molecular formula is C17H18BrFN6S. The van der Waals surface area contributed by atoms with E-state index in [9.17, 15) is 0 Å². The van der Waals surface area contributed by atoms with Gasteiger partial charge >= 0.3 is 0 Å². The Kier molecular flexibility index (Phi) is 4.06. The summed E-state index contributed by atoms with van der Waals surface area (Å²) >= 11 is 4.87. The number of nitrogens with zero attached hydrogens (tertiary/aromatic N) is 5. The van der Waals surface area contributed by atoms with Gasteiger partial charge in [-0.1, -0.05) is 18.7 Å². The number of fused-ring (bicyclic) bond motifs is 5. The van der Waals surface area contributed by atoms with Crippen LogP contribution in [0.15, 0.2) is 22.0 Å². The average molecular weight is 437 g/mol. The van der Waals surface area contributed by atoms with Gasteiger partial charge in [0, 0.05) is 25.2 Å². The highest BCUT2D eigenvalue weighted by Crippen LogP contribution is 2.36. The van der Waals surface area contributed by atoms with Crippen molar-refractivity contribution < 1.29 is 4.39 Å². The summed E-state index contributed by atoms with van der Waals surface area (Å²) < 4.78 is 17.0. The van der Waals surface area contributed by atoms with Gasteiger partial charge in [-0.2, -0.15) is 5.10 Å². The highest BCUT2D eigenvalue weighted by atomic mass is 79.9. The Balaban J connectivity index is 1.79. The Bertz CT molecular complexity index is 996. The van der Waals surface area contributed by atoms with Crippen molar-refractivity contribution in [3.63, 3.8) is 0 Å². The minimum Gasteiger partial charge on any atom is -0.353 e. The Morgan fingerprint density at radius 3 is 2.81 bits per heavy atom. The maximum atomic E-state index is 15.1. The monoisotopic (exact) mass is 436 g/mol. The maximum absolute atomic E-state index is 15.1. The third-order valence-corrected chi connectivity index (χ3v) is 6.55. The molecule has 6 nitrogen and oxygen atoms in total. The first-order valence-electron chi connectivity index (χ1n) is 8.82. The van der Waals surface area contributed by atoms with E-state index >= 15 is 4.39 Å². The molecule has 2 aliphatic rings. The minimum atomic E-state index is -0.393. The van der Waals surface area contributed by atoms with Gasteiger partial charge in [0.05, 0.1) is 17.1 Å². The number of aromatic nitrogens is 4. The van der Waals surface area contributed by atoms with Crippen molar-refractivity contribution >= 4 is 49.9 Å². The normalized spacial score (nSPS) is 22.7. The molecule has 26 heavy (non-hydrogen) atoms. The van der Waals surface area contributed by atoms with Crippen molar-refractivity contribution in [2.45, 2.75) is 37.0 Å². The van der Waals surface area contributed by atoms with Crippen LogP contribution < -0.4 is 10.2 Å². The number of hydrogen-bond donors (Lipinski definition) is 1. The lowest BCUT2D eigenvalue weighted by Crippen LogP contribution is -2.51. The van der Waals surface area contributed by atoms with Gasteiger partial charge in [-0.25, -0.2) is 18.9 Å². The van der Waals surface area contributed by atoms with Crippen LogP contribution in [0.4, 0.5) is 10.2 Å². The smallest absolute Gasteiger partial charge is 0.190 e. The first kappa shape index (κ1) is 16.7. The summed E-state index contributed by atoms with van der Waals surface area (Å²) in [7, 11) is 0. The van der Waals surface area contributed by atoms with E-state index in [1.54, 1.807) is 10.7 Å². The number of anilines is 1. The third-order valence-electron chi connectivity index (χ3n) is 5.13. The molecule has 9 heteroatoms. The van der Waals surface area contributed by atoms with Crippen LogP contribution in [0, 0.1) is 5.82 Å². The van der Waals surface area contributed by atoms with E-state index in [2.05, 4.69) is 43.2 Å². The Morgan fingerprint density at radius 2 is 2.08 bits per heavy atom. The molecule has 136 valence electrons. The first-order chi connectivity index (χ1) is 12.7. The summed E-state index contributed by atoms with van der Waals surface area (Å²) in [6.45, 7) is 3.82. The van der Waals surface area contributed by atoms with Gasteiger partial charge < -0.3 is 10.2 Å². The van der Waals surface area contributed by atoms with Crippen LogP contribution in [0.2, 0.25) is 0 Å². The number of piperazine rings is 1. The highest BCUT2D eigenvalue weighted by Gasteiger charge is 2.34. The lowest BCUT2D eigenvalue weighted by Gasteiger charge is -2.34. The zero-order valence-electron chi connectivity index (χ0n) is 14.2. The molecule has 3 aromatic heterocycles. The number of nitrogens with one attached hydrogen (secondary N) is 1. The molecule has 1 N–H and O–H groups in total. The van der Waals surface area contributed by atoms with E-state index in [1.807, 2.05) is 6.07 Å². The van der Waals surface area contributed by atoms with E-state index in [4.69, 9.17) is 4.98 Å². The zero-order valence-corrected chi connectivity index (χ0v) is 16.6. The predicted molar refractivity (Wildman–Crippen MR) is 105 cm³/mol. The predicted octanol–water partition coefficient (Wildman–Crippen LogP) is 3.23. The summed E-state index contributed by atoms with van der Waals surface area (Å²) in [6, 6.07) is 2.84. The van der Waals surface area contributed by atoms with Crippen LogP contribution in [0.1, 0.15) is 19.8 Å². The van der Waals surface area contributed by atoms with Crippen LogP contribution in [0.3, 0.4) is 0 Å². The third kappa shape index (κ3) is 2.51. The molecule has 0 aromatic carbocycles. The zero-order chi connectivity index (χ0) is 17.8. The first-order valence-corrected chi connectivity index (χ1v) is 10.6. The summed E-state index contributed by atoms with van der Waals surface area (Å²) in [6.07, 6.45) is 4.05. The van der Waals surface area contributed by atoms with E-state index in [1.165, 1.54) is 24.6 Å². The van der Waals surface area contributed by atoms with Crippen molar-refractivity contribution in [3.05, 3.63) is 22.7 Å². The molecule has 2 bridgehead atoms. The molecule has 2 fully saturated rings. The minimum absolute atomic E-state index is 0.294. The summed E-state index contributed by atoms with van der Waals surface area (Å²) in [5, 5.41) is 9.26. The van der Waals surface area contributed by atoms with E-state index in [-0.39, 0.29) is 0 Å². The lowest BCUT2D eigenvalue weighted by molar-refractivity contribution is 0.463. The fourth-order valence-corrected chi connectivity index (χ4v) is 5.09. The standard InChI is InChI=1S/C17H18BrFN6S/c1-2-26-17-22-14-12(11-5-6-20-25(11)15(18)13(14)19)16(23-17)24-7-9-3-4-10(8-24)21-9/h5-6,9-10,21H,2-4,7-8H2,1H3. The van der Waals surface area contributed by atoms with Gasteiger partial charge in [0.15, 0.2) is 11.0 Å².